The highest BCUT2D eigenvalue weighted by Gasteiger charge is 2.31. The van der Waals surface area contributed by atoms with Crippen molar-refractivity contribution in [1.82, 2.24) is 0 Å². The van der Waals surface area contributed by atoms with E-state index in [-0.39, 0.29) is 18.5 Å². The van der Waals surface area contributed by atoms with E-state index in [1.54, 1.807) is 6.07 Å². The van der Waals surface area contributed by atoms with Crippen LogP contribution in [0.2, 0.25) is 0 Å². The summed E-state index contributed by atoms with van der Waals surface area (Å²) in [6, 6.07) is 12.0. The number of carboxylic acid groups (broad SMARTS) is 1. The van der Waals surface area contributed by atoms with Crippen molar-refractivity contribution in [2.75, 3.05) is 5.32 Å². The Balaban J connectivity index is 2.07. The third-order valence-electron chi connectivity index (χ3n) is 3.71. The van der Waals surface area contributed by atoms with E-state index in [0.29, 0.717) is 0 Å². The second-order valence-electron chi connectivity index (χ2n) is 6.05. The number of alkyl halides is 3. The van der Waals surface area contributed by atoms with Gasteiger partial charge in [0, 0.05) is 5.69 Å². The summed E-state index contributed by atoms with van der Waals surface area (Å²) >= 11 is 0. The van der Waals surface area contributed by atoms with Crippen molar-refractivity contribution in [3.63, 3.8) is 0 Å². The topological polar surface area (TPSA) is 75.6 Å². The number of aliphatic carboxylic acids is 1. The predicted octanol–water partition coefficient (Wildman–Crippen LogP) is 4.17. The third-order valence-corrected chi connectivity index (χ3v) is 3.71. The molecule has 2 rings (SSSR count). The molecular weight excluding hydrogens is 363 g/mol. The van der Waals surface area contributed by atoms with Gasteiger partial charge in [-0.05, 0) is 43.2 Å². The number of hydrogen-bond donors (Lipinski definition) is 2. The quantitative estimate of drug-likeness (QED) is 0.755. The lowest BCUT2D eigenvalue weighted by Crippen LogP contribution is -2.27. The van der Waals surface area contributed by atoms with Crippen LogP contribution in [0, 0.1) is 12.8 Å². The molecule has 0 aliphatic heterocycles. The smallest absolute Gasteiger partial charge is 0.481 e. The van der Waals surface area contributed by atoms with Crippen LogP contribution in [-0.2, 0) is 16.0 Å². The third kappa shape index (κ3) is 7.01. The Morgan fingerprint density at radius 1 is 1.15 bits per heavy atom. The van der Waals surface area contributed by atoms with Gasteiger partial charge in [0.2, 0.25) is 5.91 Å². The molecule has 0 saturated carbocycles. The lowest BCUT2D eigenvalue weighted by molar-refractivity contribution is -0.274. The molecule has 144 valence electrons. The minimum atomic E-state index is -4.80. The minimum Gasteiger partial charge on any atom is -0.481 e. The van der Waals surface area contributed by atoms with Gasteiger partial charge in [-0.3, -0.25) is 9.59 Å². The van der Waals surface area contributed by atoms with E-state index in [4.69, 9.17) is 5.11 Å². The van der Waals surface area contributed by atoms with Gasteiger partial charge in [-0.15, -0.1) is 13.2 Å². The summed E-state index contributed by atoms with van der Waals surface area (Å²) in [7, 11) is 0. The van der Waals surface area contributed by atoms with E-state index in [9.17, 15) is 22.8 Å². The summed E-state index contributed by atoms with van der Waals surface area (Å²) in [5.74, 6) is -2.88. The van der Waals surface area contributed by atoms with E-state index in [1.807, 2.05) is 25.1 Å². The lowest BCUT2D eigenvalue weighted by atomic mass is 9.94. The van der Waals surface area contributed by atoms with E-state index in [1.165, 1.54) is 12.1 Å². The number of anilines is 1. The maximum atomic E-state index is 12.5. The fraction of sp³-hybridized carbons (Fsp3) is 0.263. The second kappa shape index (κ2) is 8.57. The monoisotopic (exact) mass is 381 g/mol. The number of amides is 1. The van der Waals surface area contributed by atoms with Gasteiger partial charge in [-0.1, -0.05) is 29.8 Å². The van der Waals surface area contributed by atoms with Crippen molar-refractivity contribution in [3.8, 4) is 5.75 Å². The molecule has 27 heavy (non-hydrogen) atoms. The van der Waals surface area contributed by atoms with Crippen LogP contribution in [0.4, 0.5) is 18.9 Å². The average Bonchev–Trinajstić information content (AvgIpc) is 2.54. The number of nitrogens with one attached hydrogen (secondary N) is 1. The summed E-state index contributed by atoms with van der Waals surface area (Å²) in [6.07, 6.45) is -4.94. The molecule has 2 aromatic rings. The Labute approximate surface area is 153 Å². The summed E-state index contributed by atoms with van der Waals surface area (Å²) in [5, 5.41) is 11.6. The molecule has 0 bridgehead atoms. The van der Waals surface area contributed by atoms with Gasteiger partial charge in [0.15, 0.2) is 0 Å². The highest BCUT2D eigenvalue weighted by molar-refractivity contribution is 5.94. The Bertz CT molecular complexity index is 803. The highest BCUT2D eigenvalue weighted by Crippen LogP contribution is 2.24. The van der Waals surface area contributed by atoms with Crippen LogP contribution in [0.15, 0.2) is 48.5 Å². The first-order valence-corrected chi connectivity index (χ1v) is 8.06. The SMILES string of the molecule is Cc1cccc(C[C@H](CC(=O)O)C(=O)Nc2ccc(OC(F)(F)F)cc2)c1. The molecule has 0 spiro atoms. The molecule has 5 nitrogen and oxygen atoms in total. The van der Waals surface area contributed by atoms with Gasteiger partial charge in [-0.2, -0.15) is 0 Å². The first-order chi connectivity index (χ1) is 12.6. The molecular formula is C19H18F3NO4. The standard InChI is InChI=1S/C19H18F3NO4/c1-12-3-2-4-13(9-12)10-14(11-17(24)25)18(26)23-15-5-7-16(8-6-15)27-19(20,21)22/h2-9,14H,10-11H2,1H3,(H,23,26)(H,24,25)/t14-/m1/s1. The fourth-order valence-electron chi connectivity index (χ4n) is 2.58. The molecule has 0 saturated heterocycles. The van der Waals surface area contributed by atoms with Crippen LogP contribution in [0.1, 0.15) is 17.5 Å². The number of hydrogen-bond acceptors (Lipinski definition) is 3. The summed E-state index contributed by atoms with van der Waals surface area (Å²) in [4.78, 5) is 23.6. The van der Waals surface area contributed by atoms with E-state index in [2.05, 4.69) is 10.1 Å². The van der Waals surface area contributed by atoms with Crippen LogP contribution in [0.5, 0.6) is 5.75 Å². The van der Waals surface area contributed by atoms with Crippen LogP contribution < -0.4 is 10.1 Å². The zero-order valence-electron chi connectivity index (χ0n) is 14.4. The Morgan fingerprint density at radius 3 is 2.37 bits per heavy atom. The Kier molecular flexibility index (Phi) is 6.44. The van der Waals surface area contributed by atoms with Gasteiger partial charge < -0.3 is 15.2 Å². The molecule has 2 aromatic carbocycles. The van der Waals surface area contributed by atoms with E-state index >= 15 is 0 Å². The van der Waals surface area contributed by atoms with Gasteiger partial charge >= 0.3 is 12.3 Å². The van der Waals surface area contributed by atoms with Crippen molar-refractivity contribution in [2.24, 2.45) is 5.92 Å². The van der Waals surface area contributed by atoms with Crippen LogP contribution in [0.3, 0.4) is 0 Å². The number of rotatable bonds is 7. The summed E-state index contributed by atoms with van der Waals surface area (Å²) in [6.45, 7) is 1.89. The predicted molar refractivity (Wildman–Crippen MR) is 92.4 cm³/mol. The zero-order valence-corrected chi connectivity index (χ0v) is 14.4. The van der Waals surface area contributed by atoms with Crippen molar-refractivity contribution < 1.29 is 32.6 Å². The molecule has 0 heterocycles. The fourth-order valence-corrected chi connectivity index (χ4v) is 2.58. The maximum Gasteiger partial charge on any atom is 0.573 e. The number of aryl methyl sites for hydroxylation is 1. The van der Waals surface area contributed by atoms with E-state index in [0.717, 1.165) is 23.3 Å². The number of halogens is 3. The number of ether oxygens (including phenoxy) is 1. The lowest BCUT2D eigenvalue weighted by Gasteiger charge is -2.16. The number of benzene rings is 2. The number of carboxylic acids is 1. The van der Waals surface area contributed by atoms with Gasteiger partial charge in [0.25, 0.3) is 0 Å². The molecule has 0 radical (unpaired) electrons. The van der Waals surface area contributed by atoms with Crippen molar-refractivity contribution >= 4 is 17.6 Å². The first kappa shape index (κ1) is 20.3. The number of carbonyl (C=O) groups is 2. The molecule has 8 heteroatoms. The zero-order chi connectivity index (χ0) is 20.0. The molecule has 0 aliphatic rings. The normalized spacial score (nSPS) is 12.3. The van der Waals surface area contributed by atoms with Crippen LogP contribution in [0.25, 0.3) is 0 Å². The Hall–Kier alpha value is -3.03. The molecule has 0 fully saturated rings. The molecule has 0 aliphatic carbocycles. The summed E-state index contributed by atoms with van der Waals surface area (Å²) < 4.78 is 40.3. The maximum absolute atomic E-state index is 12.5. The Morgan fingerprint density at radius 2 is 1.81 bits per heavy atom. The molecule has 0 aromatic heterocycles. The number of carbonyl (C=O) groups excluding carboxylic acids is 1. The van der Waals surface area contributed by atoms with Gasteiger partial charge in [0.1, 0.15) is 5.75 Å². The van der Waals surface area contributed by atoms with Crippen LogP contribution >= 0.6 is 0 Å². The first-order valence-electron chi connectivity index (χ1n) is 8.06. The van der Waals surface area contributed by atoms with Crippen molar-refractivity contribution in [1.29, 1.82) is 0 Å². The molecule has 0 unspecified atom stereocenters. The molecule has 1 atom stereocenters. The highest BCUT2D eigenvalue weighted by atomic mass is 19.4. The molecule has 1 amide bonds. The minimum absolute atomic E-state index is 0.231. The van der Waals surface area contributed by atoms with Crippen LogP contribution in [-0.4, -0.2) is 23.3 Å². The average molecular weight is 381 g/mol. The van der Waals surface area contributed by atoms with E-state index < -0.39 is 29.9 Å². The second-order valence-corrected chi connectivity index (χ2v) is 6.05. The summed E-state index contributed by atoms with van der Waals surface area (Å²) in [5.41, 5.74) is 2.06. The van der Waals surface area contributed by atoms with Gasteiger partial charge in [-0.25, -0.2) is 0 Å². The van der Waals surface area contributed by atoms with Gasteiger partial charge in [0.05, 0.1) is 12.3 Å². The van der Waals surface area contributed by atoms with Crippen molar-refractivity contribution in [2.45, 2.75) is 26.1 Å². The van der Waals surface area contributed by atoms with Crippen molar-refractivity contribution in [3.05, 3.63) is 59.7 Å². The largest absolute Gasteiger partial charge is 0.573 e. The molecule has 2 N–H and O–H groups in total.